The van der Waals surface area contributed by atoms with Gasteiger partial charge in [-0.1, -0.05) is 0 Å². The van der Waals surface area contributed by atoms with Crippen LogP contribution < -0.4 is 10.6 Å². The van der Waals surface area contributed by atoms with Crippen LogP contribution in [0.3, 0.4) is 0 Å². The van der Waals surface area contributed by atoms with Crippen molar-refractivity contribution < 1.29 is 18.8 Å². The third kappa shape index (κ3) is 4.82. The third-order valence-electron chi connectivity index (χ3n) is 2.40. The zero-order valence-corrected chi connectivity index (χ0v) is 10.4. The summed E-state index contributed by atoms with van der Waals surface area (Å²) in [7, 11) is 1.49. The van der Waals surface area contributed by atoms with Gasteiger partial charge in [-0.15, -0.1) is 0 Å². The molecule has 1 rings (SSSR count). The molecule has 19 heavy (non-hydrogen) atoms. The number of carbonyl (C=O) groups is 3. The van der Waals surface area contributed by atoms with Gasteiger partial charge in [-0.25, -0.2) is 9.37 Å². The Labute approximate surface area is 109 Å². The molecular formula is C12H14FN3O3. The molecular weight excluding hydrogens is 253 g/mol. The van der Waals surface area contributed by atoms with Crippen molar-refractivity contribution in [1.29, 1.82) is 0 Å². The van der Waals surface area contributed by atoms with Crippen molar-refractivity contribution in [2.45, 2.75) is 18.9 Å². The molecule has 0 aliphatic heterocycles. The number of halogens is 1. The fourth-order valence-electron chi connectivity index (χ4n) is 1.34. The SMILES string of the molecule is CNC(=O)CCC(C=O)NC(=O)c1ccc(F)cn1. The lowest BCUT2D eigenvalue weighted by atomic mass is 10.1. The molecule has 1 aromatic heterocycles. The number of carbonyl (C=O) groups excluding carboxylic acids is 3. The van der Waals surface area contributed by atoms with E-state index in [-0.39, 0.29) is 24.4 Å². The number of nitrogens with one attached hydrogen (secondary N) is 2. The summed E-state index contributed by atoms with van der Waals surface area (Å²) in [6.45, 7) is 0. The lowest BCUT2D eigenvalue weighted by Gasteiger charge is -2.11. The number of hydrogen-bond donors (Lipinski definition) is 2. The first-order valence-corrected chi connectivity index (χ1v) is 5.65. The lowest BCUT2D eigenvalue weighted by Crippen LogP contribution is -2.37. The maximum Gasteiger partial charge on any atom is 0.270 e. The molecule has 0 fully saturated rings. The maximum atomic E-state index is 12.6. The van der Waals surface area contributed by atoms with Crippen LogP contribution in [-0.2, 0) is 9.59 Å². The molecule has 2 amide bonds. The molecule has 7 heteroatoms. The van der Waals surface area contributed by atoms with Gasteiger partial charge in [0.2, 0.25) is 5.91 Å². The van der Waals surface area contributed by atoms with Gasteiger partial charge < -0.3 is 15.4 Å². The van der Waals surface area contributed by atoms with Crippen LogP contribution in [0.1, 0.15) is 23.3 Å². The lowest BCUT2D eigenvalue weighted by molar-refractivity contribution is -0.120. The van der Waals surface area contributed by atoms with Crippen LogP contribution >= 0.6 is 0 Å². The molecule has 0 aromatic carbocycles. The minimum Gasteiger partial charge on any atom is -0.359 e. The van der Waals surface area contributed by atoms with E-state index in [4.69, 9.17) is 0 Å². The molecule has 0 aliphatic rings. The van der Waals surface area contributed by atoms with Crippen molar-refractivity contribution in [3.8, 4) is 0 Å². The van der Waals surface area contributed by atoms with E-state index in [9.17, 15) is 18.8 Å². The van der Waals surface area contributed by atoms with E-state index in [0.29, 0.717) is 6.29 Å². The Balaban J connectivity index is 2.55. The van der Waals surface area contributed by atoms with Crippen LogP contribution in [0.5, 0.6) is 0 Å². The maximum absolute atomic E-state index is 12.6. The largest absolute Gasteiger partial charge is 0.359 e. The Morgan fingerprint density at radius 2 is 2.21 bits per heavy atom. The van der Waals surface area contributed by atoms with E-state index in [1.165, 1.54) is 13.1 Å². The van der Waals surface area contributed by atoms with Crippen LogP contribution in [0, 0.1) is 5.82 Å². The molecule has 1 unspecified atom stereocenters. The van der Waals surface area contributed by atoms with Gasteiger partial charge in [0.1, 0.15) is 17.8 Å². The van der Waals surface area contributed by atoms with Crippen molar-refractivity contribution in [2.75, 3.05) is 7.05 Å². The molecule has 0 spiro atoms. The topological polar surface area (TPSA) is 88.2 Å². The normalized spacial score (nSPS) is 11.5. The Hall–Kier alpha value is -2.31. The second-order valence-corrected chi connectivity index (χ2v) is 3.79. The highest BCUT2D eigenvalue weighted by Crippen LogP contribution is 2.00. The van der Waals surface area contributed by atoms with Crippen LogP contribution in [-0.4, -0.2) is 36.2 Å². The molecule has 0 saturated heterocycles. The summed E-state index contributed by atoms with van der Waals surface area (Å²) in [5, 5.41) is 4.82. The summed E-state index contributed by atoms with van der Waals surface area (Å²) in [4.78, 5) is 37.1. The fourth-order valence-corrected chi connectivity index (χ4v) is 1.34. The number of hydrogen-bond acceptors (Lipinski definition) is 4. The predicted molar refractivity (Wildman–Crippen MR) is 64.8 cm³/mol. The highest BCUT2D eigenvalue weighted by atomic mass is 19.1. The number of pyridine rings is 1. The van der Waals surface area contributed by atoms with Crippen LogP contribution in [0.2, 0.25) is 0 Å². The fraction of sp³-hybridized carbons (Fsp3) is 0.333. The van der Waals surface area contributed by atoms with Crippen molar-refractivity contribution >= 4 is 18.1 Å². The van der Waals surface area contributed by atoms with Gasteiger partial charge >= 0.3 is 0 Å². The summed E-state index contributed by atoms with van der Waals surface area (Å²) < 4.78 is 12.6. The first-order chi connectivity index (χ1) is 9.06. The van der Waals surface area contributed by atoms with Gasteiger partial charge in [0.15, 0.2) is 0 Å². The summed E-state index contributed by atoms with van der Waals surface area (Å²) >= 11 is 0. The third-order valence-corrected chi connectivity index (χ3v) is 2.40. The highest BCUT2D eigenvalue weighted by molar-refractivity contribution is 5.93. The smallest absolute Gasteiger partial charge is 0.270 e. The Morgan fingerprint density at radius 1 is 1.47 bits per heavy atom. The van der Waals surface area contributed by atoms with Gasteiger partial charge in [-0.2, -0.15) is 0 Å². The van der Waals surface area contributed by atoms with Crippen LogP contribution in [0.25, 0.3) is 0 Å². The molecule has 0 bridgehead atoms. The number of rotatable bonds is 6. The summed E-state index contributed by atoms with van der Waals surface area (Å²) in [5.74, 6) is -1.36. The van der Waals surface area contributed by atoms with Gasteiger partial charge in [0.25, 0.3) is 5.91 Å². The standard InChI is InChI=1S/C12H14FN3O3/c1-14-11(18)5-3-9(7-17)16-12(19)10-4-2-8(13)6-15-10/h2,4,6-7,9H,3,5H2,1H3,(H,14,18)(H,16,19). The molecule has 1 aromatic rings. The van der Waals surface area contributed by atoms with E-state index in [2.05, 4.69) is 15.6 Å². The van der Waals surface area contributed by atoms with E-state index in [1.54, 1.807) is 0 Å². The second-order valence-electron chi connectivity index (χ2n) is 3.79. The average Bonchev–Trinajstić information content (AvgIpc) is 2.43. The minimum absolute atomic E-state index is 0.00759. The van der Waals surface area contributed by atoms with E-state index < -0.39 is 17.8 Å². The zero-order valence-electron chi connectivity index (χ0n) is 10.4. The quantitative estimate of drug-likeness (QED) is 0.712. The van der Waals surface area contributed by atoms with Crippen molar-refractivity contribution in [2.24, 2.45) is 0 Å². The monoisotopic (exact) mass is 267 g/mol. The van der Waals surface area contributed by atoms with Gasteiger partial charge in [-0.05, 0) is 18.6 Å². The molecule has 102 valence electrons. The Kier molecular flexibility index (Phi) is 5.59. The highest BCUT2D eigenvalue weighted by Gasteiger charge is 2.15. The first kappa shape index (κ1) is 14.7. The van der Waals surface area contributed by atoms with Crippen LogP contribution in [0.4, 0.5) is 4.39 Å². The van der Waals surface area contributed by atoms with E-state index in [0.717, 1.165) is 12.3 Å². The van der Waals surface area contributed by atoms with Crippen molar-refractivity contribution in [3.05, 3.63) is 29.8 Å². The van der Waals surface area contributed by atoms with E-state index in [1.807, 2.05) is 0 Å². The number of nitrogens with zero attached hydrogens (tertiary/aromatic N) is 1. The average molecular weight is 267 g/mol. The number of aldehydes is 1. The minimum atomic E-state index is -0.781. The first-order valence-electron chi connectivity index (χ1n) is 5.65. The predicted octanol–water partition coefficient (Wildman–Crippen LogP) is 0.0442. The summed E-state index contributed by atoms with van der Waals surface area (Å²) in [6.07, 6.45) is 1.77. The molecule has 0 radical (unpaired) electrons. The van der Waals surface area contributed by atoms with Gasteiger partial charge in [0, 0.05) is 13.5 Å². The number of aromatic nitrogens is 1. The Morgan fingerprint density at radius 3 is 2.74 bits per heavy atom. The molecule has 1 heterocycles. The van der Waals surface area contributed by atoms with Crippen molar-refractivity contribution in [3.63, 3.8) is 0 Å². The van der Waals surface area contributed by atoms with Gasteiger partial charge in [-0.3, -0.25) is 9.59 Å². The second kappa shape index (κ2) is 7.20. The molecule has 1 atom stereocenters. The van der Waals surface area contributed by atoms with E-state index >= 15 is 0 Å². The van der Waals surface area contributed by atoms with Gasteiger partial charge in [0.05, 0.1) is 12.2 Å². The molecule has 2 N–H and O–H groups in total. The zero-order chi connectivity index (χ0) is 14.3. The van der Waals surface area contributed by atoms with Crippen molar-refractivity contribution in [1.82, 2.24) is 15.6 Å². The number of amides is 2. The molecule has 6 nitrogen and oxygen atoms in total. The summed E-state index contributed by atoms with van der Waals surface area (Å²) in [6, 6.07) is 1.53. The Bertz CT molecular complexity index is 462. The summed E-state index contributed by atoms with van der Waals surface area (Å²) in [5.41, 5.74) is 0.00759. The van der Waals surface area contributed by atoms with Crippen LogP contribution in [0.15, 0.2) is 18.3 Å². The molecule has 0 saturated carbocycles. The molecule has 0 aliphatic carbocycles.